The Bertz CT molecular complexity index is 1490. The molecule has 1 rings (SSSR count). The second-order valence-electron chi connectivity index (χ2n) is 8.18. The molecule has 6 nitrogen and oxygen atoms in total. The van der Waals surface area contributed by atoms with Crippen molar-refractivity contribution in [2.45, 2.75) is 58.7 Å². The molecule has 0 N–H and O–H groups in total. The molecule has 0 aliphatic rings. The van der Waals surface area contributed by atoms with Crippen molar-refractivity contribution in [1.29, 1.82) is 0 Å². The molecule has 0 saturated heterocycles. The molecule has 0 aromatic heterocycles. The van der Waals surface area contributed by atoms with Crippen LogP contribution < -0.4 is 8.37 Å². The number of hydrogen-bond donors (Lipinski definition) is 0. The summed E-state index contributed by atoms with van der Waals surface area (Å²) in [5, 5.41) is 0. The van der Waals surface area contributed by atoms with Gasteiger partial charge in [0.1, 0.15) is 11.5 Å². The Hall–Kier alpha value is -2.89. The lowest BCUT2D eigenvalue weighted by molar-refractivity contribution is -0.462. The molecule has 0 unspecified atom stereocenters. The smallest absolute Gasteiger partial charge is 0.376 e. The van der Waals surface area contributed by atoms with E-state index in [0.717, 1.165) is 0 Å². The summed E-state index contributed by atoms with van der Waals surface area (Å²) in [4.78, 5) is 0. The van der Waals surface area contributed by atoms with Crippen LogP contribution in [0.5, 0.6) is 11.5 Å². The molecule has 1 aromatic rings. The Balaban J connectivity index is 4.09. The summed E-state index contributed by atoms with van der Waals surface area (Å²) in [7, 11) is -14.6. The summed E-state index contributed by atoms with van der Waals surface area (Å²) in [5.74, 6) is -66.8. The SMILES string of the molecule is O=S(=O)(Oc1cc(OS(=O)(=O)C(F)(F)F)cc(C(F)(F)C(F)(F)C(F)(F)C(F)(F)C(F)(F)C(F)(F)C(F)(F)C(F)(F)F)c1)C(F)(F)F. The van der Waals surface area contributed by atoms with Crippen LogP contribution in [-0.4, -0.2) is 69.6 Å². The van der Waals surface area contributed by atoms with E-state index in [-0.39, 0.29) is 0 Å². The summed E-state index contributed by atoms with van der Waals surface area (Å²) in [6.45, 7) is 0. The zero-order valence-electron chi connectivity index (χ0n) is 20.2. The van der Waals surface area contributed by atoms with Crippen molar-refractivity contribution < 1.29 is 126 Å². The van der Waals surface area contributed by atoms with E-state index in [0.29, 0.717) is 0 Å². The molecule has 47 heavy (non-hydrogen) atoms. The fourth-order valence-electron chi connectivity index (χ4n) is 2.54. The predicted octanol–water partition coefficient (Wildman–Crippen LogP) is 7.61. The van der Waals surface area contributed by atoms with Crippen LogP contribution >= 0.6 is 0 Å². The number of rotatable bonds is 11. The lowest BCUT2D eigenvalue weighted by atomic mass is 9.87. The zero-order valence-corrected chi connectivity index (χ0v) is 21.8. The molecule has 0 heterocycles. The summed E-state index contributed by atoms with van der Waals surface area (Å²) in [6, 6.07) is -3.91. The van der Waals surface area contributed by atoms with Gasteiger partial charge in [-0.05, 0) is 12.1 Å². The van der Waals surface area contributed by atoms with E-state index >= 15 is 0 Å². The van der Waals surface area contributed by atoms with Crippen molar-refractivity contribution in [3.05, 3.63) is 23.8 Å². The standard InChI is InChI=1S/C16H3F23O6S2/c17-7(18,8(19,20)9(21,22)10(23,24)11(25,26)12(27,28)13(29,30)14(31,32)33)4-1-5(44-46(40,41)15(34,35)36)3-6(2-4)45-47(42,43)16(37,38)39/h1-3H. The van der Waals surface area contributed by atoms with Crippen LogP contribution in [0.4, 0.5) is 101 Å². The highest BCUT2D eigenvalue weighted by Gasteiger charge is 2.95. The summed E-state index contributed by atoms with van der Waals surface area (Å²) in [5.41, 5.74) is -17.1. The summed E-state index contributed by atoms with van der Waals surface area (Å²) >= 11 is 0. The Morgan fingerprint density at radius 1 is 0.383 bits per heavy atom. The van der Waals surface area contributed by atoms with Crippen LogP contribution in [0.2, 0.25) is 0 Å². The largest absolute Gasteiger partial charge is 0.534 e. The van der Waals surface area contributed by atoms with Gasteiger partial charge in [0.25, 0.3) is 0 Å². The van der Waals surface area contributed by atoms with E-state index in [4.69, 9.17) is 0 Å². The molecule has 0 aliphatic carbocycles. The molecule has 0 bridgehead atoms. The quantitative estimate of drug-likeness (QED) is 0.130. The Morgan fingerprint density at radius 3 is 0.894 bits per heavy atom. The number of benzene rings is 1. The van der Waals surface area contributed by atoms with Crippen molar-refractivity contribution in [1.82, 2.24) is 0 Å². The van der Waals surface area contributed by atoms with E-state index in [1.165, 1.54) is 0 Å². The minimum Gasteiger partial charge on any atom is -0.376 e. The van der Waals surface area contributed by atoms with Gasteiger partial charge in [-0.1, -0.05) is 0 Å². The topological polar surface area (TPSA) is 86.7 Å². The first-order valence-electron chi connectivity index (χ1n) is 9.90. The fraction of sp³-hybridized carbons (Fsp3) is 0.625. The maximum atomic E-state index is 14.6. The Labute approximate surface area is 241 Å². The third kappa shape index (κ3) is 6.47. The number of hydrogen-bond acceptors (Lipinski definition) is 6. The normalized spacial score (nSPS) is 15.9. The van der Waals surface area contributed by atoms with E-state index in [1.54, 1.807) is 0 Å². The van der Waals surface area contributed by atoms with E-state index < -0.39 is 114 Å². The maximum Gasteiger partial charge on any atom is 0.534 e. The summed E-state index contributed by atoms with van der Waals surface area (Å²) in [6.07, 6.45) is -8.08. The van der Waals surface area contributed by atoms with Crippen LogP contribution in [0.1, 0.15) is 5.56 Å². The molecule has 0 amide bonds. The van der Waals surface area contributed by atoms with Crippen molar-refractivity contribution in [3.63, 3.8) is 0 Å². The van der Waals surface area contributed by atoms with Crippen LogP contribution in [0, 0.1) is 0 Å². The minimum atomic E-state index is -9.17. The first-order chi connectivity index (χ1) is 20.0. The Kier molecular flexibility index (Phi) is 9.92. The van der Waals surface area contributed by atoms with Crippen molar-refractivity contribution in [3.8, 4) is 11.5 Å². The van der Waals surface area contributed by atoms with Gasteiger partial charge in [0.15, 0.2) is 0 Å². The molecule has 31 heteroatoms. The van der Waals surface area contributed by atoms with Gasteiger partial charge >= 0.3 is 78.9 Å². The van der Waals surface area contributed by atoms with Crippen LogP contribution in [0.3, 0.4) is 0 Å². The highest BCUT2D eigenvalue weighted by Crippen LogP contribution is 2.65. The van der Waals surface area contributed by atoms with Crippen molar-refractivity contribution >= 4 is 20.2 Å². The van der Waals surface area contributed by atoms with Gasteiger partial charge in [-0.25, -0.2) is 0 Å². The first kappa shape index (κ1) is 42.1. The molecule has 1 aromatic carbocycles. The molecule has 0 spiro atoms. The summed E-state index contributed by atoms with van der Waals surface area (Å²) < 4.78 is 355. The van der Waals surface area contributed by atoms with Gasteiger partial charge in [-0.15, -0.1) is 0 Å². The first-order valence-corrected chi connectivity index (χ1v) is 12.7. The monoisotopic (exact) mass is 792 g/mol. The molecule has 276 valence electrons. The van der Waals surface area contributed by atoms with Gasteiger partial charge in [0, 0.05) is 11.6 Å². The maximum absolute atomic E-state index is 14.6. The Morgan fingerprint density at radius 2 is 0.638 bits per heavy atom. The van der Waals surface area contributed by atoms with E-state index in [9.17, 15) is 118 Å². The zero-order chi connectivity index (χ0) is 38.3. The molecule has 0 atom stereocenters. The van der Waals surface area contributed by atoms with Gasteiger partial charge in [0.05, 0.1) is 0 Å². The molecule has 0 saturated carbocycles. The fourth-order valence-corrected chi connectivity index (χ4v) is 3.43. The number of alkyl halides is 23. The van der Waals surface area contributed by atoms with Gasteiger partial charge < -0.3 is 8.37 Å². The number of halogens is 23. The lowest BCUT2D eigenvalue weighted by Gasteiger charge is -2.42. The van der Waals surface area contributed by atoms with Gasteiger partial charge in [-0.3, -0.25) is 0 Å². The molecular weight excluding hydrogens is 789 g/mol. The van der Waals surface area contributed by atoms with Crippen LogP contribution in [0.15, 0.2) is 18.2 Å². The highest BCUT2D eigenvalue weighted by atomic mass is 32.2. The minimum absolute atomic E-state index is 0.967. The van der Waals surface area contributed by atoms with Crippen molar-refractivity contribution in [2.24, 2.45) is 0 Å². The predicted molar refractivity (Wildman–Crippen MR) is 97.3 cm³/mol. The average molecular weight is 792 g/mol. The van der Waals surface area contributed by atoms with Crippen LogP contribution in [0.25, 0.3) is 0 Å². The van der Waals surface area contributed by atoms with Crippen molar-refractivity contribution in [2.75, 3.05) is 0 Å². The van der Waals surface area contributed by atoms with E-state index in [2.05, 4.69) is 8.37 Å². The molecule has 0 fully saturated rings. The third-order valence-electron chi connectivity index (χ3n) is 4.94. The van der Waals surface area contributed by atoms with E-state index in [1.807, 2.05) is 0 Å². The molecule has 0 radical (unpaired) electrons. The van der Waals surface area contributed by atoms with Crippen LogP contribution in [-0.2, 0) is 26.2 Å². The molecular formula is C16H3F23O6S2. The second kappa shape index (κ2) is 11.1. The lowest BCUT2D eigenvalue weighted by Crippen LogP contribution is -2.74. The van der Waals surface area contributed by atoms with Gasteiger partial charge in [-0.2, -0.15) is 118 Å². The second-order valence-corrected chi connectivity index (χ2v) is 11.3. The molecule has 0 aliphatic heterocycles. The van der Waals surface area contributed by atoms with Gasteiger partial charge in [0.2, 0.25) is 0 Å². The highest BCUT2D eigenvalue weighted by molar-refractivity contribution is 7.88. The average Bonchev–Trinajstić information content (AvgIpc) is 2.80. The third-order valence-corrected chi connectivity index (χ3v) is 6.90.